The first kappa shape index (κ1) is 14.1. The maximum absolute atomic E-state index is 11.9. The van der Waals surface area contributed by atoms with Gasteiger partial charge in [-0.25, -0.2) is 13.1 Å². The summed E-state index contributed by atoms with van der Waals surface area (Å²) in [5.41, 5.74) is 0.395. The Morgan fingerprint density at radius 1 is 1.35 bits per heavy atom. The monoisotopic (exact) mass is 259 g/mol. The summed E-state index contributed by atoms with van der Waals surface area (Å²) in [7, 11) is -1.98. The molecule has 6 heteroatoms. The van der Waals surface area contributed by atoms with Crippen molar-refractivity contribution in [1.82, 2.24) is 4.72 Å². The molecule has 1 aromatic rings. The van der Waals surface area contributed by atoms with Crippen LogP contribution in [0, 0.1) is 0 Å². The molecule has 1 aromatic carbocycles. The van der Waals surface area contributed by atoms with Gasteiger partial charge in [0.1, 0.15) is 0 Å². The Bertz CT molecular complexity index is 445. The van der Waals surface area contributed by atoms with Crippen molar-refractivity contribution in [3.8, 4) is 0 Å². The van der Waals surface area contributed by atoms with E-state index < -0.39 is 10.0 Å². The summed E-state index contributed by atoms with van der Waals surface area (Å²) >= 11 is 0. The molecule has 0 unspecified atom stereocenters. The van der Waals surface area contributed by atoms with E-state index in [-0.39, 0.29) is 11.5 Å². The summed E-state index contributed by atoms with van der Waals surface area (Å²) in [4.78, 5) is 0.125. The Labute approximate surface area is 101 Å². The second kappa shape index (κ2) is 6.70. The Hall–Kier alpha value is -0.950. The van der Waals surface area contributed by atoms with Crippen molar-refractivity contribution >= 4 is 10.0 Å². The van der Waals surface area contributed by atoms with Crippen LogP contribution in [0.25, 0.3) is 0 Å². The number of ether oxygens (including phenoxy) is 1. The SMILES string of the molecule is COCCCNS(=O)(=O)c1ccccc1CO. The maximum Gasteiger partial charge on any atom is 0.240 e. The van der Waals surface area contributed by atoms with Crippen molar-refractivity contribution in [2.75, 3.05) is 20.3 Å². The van der Waals surface area contributed by atoms with Crippen molar-refractivity contribution in [2.45, 2.75) is 17.9 Å². The molecule has 0 saturated carbocycles. The molecule has 0 atom stereocenters. The third kappa shape index (κ3) is 4.08. The Morgan fingerprint density at radius 2 is 2.06 bits per heavy atom. The van der Waals surface area contributed by atoms with E-state index in [2.05, 4.69) is 4.72 Å². The van der Waals surface area contributed by atoms with Crippen LogP contribution in [-0.4, -0.2) is 33.8 Å². The van der Waals surface area contributed by atoms with Gasteiger partial charge in [-0.1, -0.05) is 18.2 Å². The molecule has 0 aliphatic rings. The second-order valence-corrected chi connectivity index (χ2v) is 5.25. The van der Waals surface area contributed by atoms with E-state index >= 15 is 0 Å². The number of benzene rings is 1. The van der Waals surface area contributed by atoms with Gasteiger partial charge in [-0.2, -0.15) is 0 Å². The molecule has 0 saturated heterocycles. The molecular formula is C11H17NO4S. The maximum atomic E-state index is 11.9. The molecule has 0 heterocycles. The molecule has 1 rings (SSSR count). The highest BCUT2D eigenvalue weighted by molar-refractivity contribution is 7.89. The minimum Gasteiger partial charge on any atom is -0.392 e. The quantitative estimate of drug-likeness (QED) is 0.699. The Morgan fingerprint density at radius 3 is 2.71 bits per heavy atom. The van der Waals surface area contributed by atoms with Gasteiger partial charge in [0, 0.05) is 20.3 Å². The number of aliphatic hydroxyl groups excluding tert-OH is 1. The van der Waals surface area contributed by atoms with E-state index in [9.17, 15) is 8.42 Å². The van der Waals surface area contributed by atoms with E-state index in [1.807, 2.05) is 0 Å². The van der Waals surface area contributed by atoms with E-state index in [1.54, 1.807) is 25.3 Å². The highest BCUT2D eigenvalue weighted by Gasteiger charge is 2.16. The smallest absolute Gasteiger partial charge is 0.240 e. The highest BCUT2D eigenvalue weighted by Crippen LogP contribution is 2.14. The van der Waals surface area contributed by atoms with Gasteiger partial charge in [0.05, 0.1) is 11.5 Å². The van der Waals surface area contributed by atoms with Crippen LogP contribution < -0.4 is 4.72 Å². The molecule has 96 valence electrons. The predicted octanol–water partition coefficient (Wildman–Crippen LogP) is 0.494. The first-order chi connectivity index (χ1) is 8.11. The summed E-state index contributed by atoms with van der Waals surface area (Å²) in [6.45, 7) is 0.523. The number of hydrogen-bond donors (Lipinski definition) is 2. The summed E-state index contributed by atoms with van der Waals surface area (Å²) in [6, 6.07) is 6.38. The molecule has 5 nitrogen and oxygen atoms in total. The van der Waals surface area contributed by atoms with E-state index in [4.69, 9.17) is 9.84 Å². The van der Waals surface area contributed by atoms with Crippen LogP contribution in [0.4, 0.5) is 0 Å². The van der Waals surface area contributed by atoms with E-state index in [0.717, 1.165) is 0 Å². The topological polar surface area (TPSA) is 75.6 Å². The molecule has 0 spiro atoms. The van der Waals surface area contributed by atoms with Crippen molar-refractivity contribution in [3.63, 3.8) is 0 Å². The third-order valence-corrected chi connectivity index (χ3v) is 3.81. The minimum absolute atomic E-state index is 0.125. The third-order valence-electron chi connectivity index (χ3n) is 2.25. The van der Waals surface area contributed by atoms with Crippen molar-refractivity contribution in [3.05, 3.63) is 29.8 Å². The lowest BCUT2D eigenvalue weighted by Crippen LogP contribution is -2.26. The standard InChI is InChI=1S/C11H17NO4S/c1-16-8-4-7-12-17(14,15)11-6-3-2-5-10(11)9-13/h2-3,5-6,12-13H,4,7-9H2,1H3. The molecule has 0 aliphatic heterocycles. The van der Waals surface area contributed by atoms with Crippen LogP contribution in [-0.2, 0) is 21.4 Å². The van der Waals surface area contributed by atoms with Crippen LogP contribution in [0.5, 0.6) is 0 Å². The van der Waals surface area contributed by atoms with Gasteiger partial charge in [-0.15, -0.1) is 0 Å². The zero-order valence-corrected chi connectivity index (χ0v) is 10.5. The largest absolute Gasteiger partial charge is 0.392 e. The fourth-order valence-corrected chi connectivity index (χ4v) is 2.70. The Kier molecular flexibility index (Phi) is 5.57. The average Bonchev–Trinajstić information content (AvgIpc) is 2.34. The number of methoxy groups -OCH3 is 1. The number of hydrogen-bond acceptors (Lipinski definition) is 4. The summed E-state index contributed by atoms with van der Waals surface area (Å²) < 4.78 is 31.1. The van der Waals surface area contributed by atoms with Gasteiger partial charge >= 0.3 is 0 Å². The predicted molar refractivity (Wildman–Crippen MR) is 64.0 cm³/mol. The summed E-state index contributed by atoms with van der Waals surface area (Å²) in [5.74, 6) is 0. The van der Waals surface area contributed by atoms with Gasteiger partial charge < -0.3 is 9.84 Å². The number of rotatable bonds is 7. The Balaban J connectivity index is 2.75. The normalized spacial score (nSPS) is 11.6. The second-order valence-electron chi connectivity index (χ2n) is 3.51. The fraction of sp³-hybridized carbons (Fsp3) is 0.455. The van der Waals surface area contributed by atoms with Crippen molar-refractivity contribution < 1.29 is 18.3 Å². The first-order valence-electron chi connectivity index (χ1n) is 5.29. The van der Waals surface area contributed by atoms with Crippen molar-refractivity contribution in [2.24, 2.45) is 0 Å². The number of nitrogens with one attached hydrogen (secondary N) is 1. The van der Waals surface area contributed by atoms with Crippen LogP contribution in [0.2, 0.25) is 0 Å². The van der Waals surface area contributed by atoms with E-state index in [0.29, 0.717) is 25.1 Å². The molecular weight excluding hydrogens is 242 g/mol. The lowest BCUT2D eigenvalue weighted by molar-refractivity contribution is 0.196. The summed E-state index contributed by atoms with van der Waals surface area (Å²) in [5, 5.41) is 9.08. The molecule has 0 aliphatic carbocycles. The fourth-order valence-electron chi connectivity index (χ4n) is 1.40. The van der Waals surface area contributed by atoms with Crippen LogP contribution in [0.3, 0.4) is 0 Å². The number of sulfonamides is 1. The molecule has 17 heavy (non-hydrogen) atoms. The molecule has 0 radical (unpaired) electrons. The molecule has 0 aromatic heterocycles. The van der Waals surface area contributed by atoms with Gasteiger partial charge in [-0.3, -0.25) is 0 Å². The lowest BCUT2D eigenvalue weighted by atomic mass is 10.2. The molecule has 0 bridgehead atoms. The lowest BCUT2D eigenvalue weighted by Gasteiger charge is -2.09. The molecule has 0 fully saturated rings. The first-order valence-corrected chi connectivity index (χ1v) is 6.77. The summed E-state index contributed by atoms with van der Waals surface area (Å²) in [6.07, 6.45) is 0.608. The van der Waals surface area contributed by atoms with Crippen LogP contribution >= 0.6 is 0 Å². The van der Waals surface area contributed by atoms with Gasteiger partial charge in [0.2, 0.25) is 10.0 Å². The number of aliphatic hydroxyl groups is 1. The molecule has 0 amide bonds. The molecule has 2 N–H and O–H groups in total. The highest BCUT2D eigenvalue weighted by atomic mass is 32.2. The van der Waals surface area contributed by atoms with Gasteiger partial charge in [0.25, 0.3) is 0 Å². The van der Waals surface area contributed by atoms with Crippen LogP contribution in [0.1, 0.15) is 12.0 Å². The minimum atomic E-state index is -3.55. The van der Waals surface area contributed by atoms with Crippen molar-refractivity contribution in [1.29, 1.82) is 0 Å². The zero-order valence-electron chi connectivity index (χ0n) is 9.72. The average molecular weight is 259 g/mol. The van der Waals surface area contributed by atoms with E-state index in [1.165, 1.54) is 6.07 Å². The van der Waals surface area contributed by atoms with Crippen LogP contribution in [0.15, 0.2) is 29.2 Å². The van der Waals surface area contributed by atoms with Gasteiger partial charge in [-0.05, 0) is 18.1 Å². The van der Waals surface area contributed by atoms with Gasteiger partial charge in [0.15, 0.2) is 0 Å². The zero-order chi connectivity index (χ0) is 12.7.